The van der Waals surface area contributed by atoms with Crippen LogP contribution in [-0.2, 0) is 31.3 Å². The quantitative estimate of drug-likeness (QED) is 0.545. The molecule has 1 spiro atoms. The molecule has 2 N–H and O–H groups in total. The minimum absolute atomic E-state index is 0.399. The number of nitrogen functional groups attached to an aromatic ring is 1. The van der Waals surface area contributed by atoms with Crippen molar-refractivity contribution >= 4 is 17.6 Å². The maximum Gasteiger partial charge on any atom is 0.334 e. The number of hydrogen-bond acceptors (Lipinski definition) is 5. The van der Waals surface area contributed by atoms with Crippen molar-refractivity contribution < 1.29 is 19.1 Å². The van der Waals surface area contributed by atoms with Gasteiger partial charge in [-0.05, 0) is 18.1 Å². The Morgan fingerprint density at radius 3 is 2.44 bits per heavy atom. The van der Waals surface area contributed by atoms with Crippen LogP contribution in [0.1, 0.15) is 17.5 Å². The standard InChI is InChI=1S/C13H11NO4/c14-10-3-1-2-9-8(10)6-7-13(9)17-11(15)4-5-12(16)18-13/h1-5H,6-7,14H2. The van der Waals surface area contributed by atoms with Gasteiger partial charge in [-0.25, -0.2) is 9.59 Å². The molecule has 3 rings (SSSR count). The summed E-state index contributed by atoms with van der Waals surface area (Å²) in [6.45, 7) is 0. The van der Waals surface area contributed by atoms with Crippen molar-refractivity contribution in [3.8, 4) is 0 Å². The second-order valence-corrected chi connectivity index (χ2v) is 4.30. The molecule has 1 aromatic carbocycles. The Labute approximate surface area is 103 Å². The zero-order chi connectivity index (χ0) is 12.8. The second kappa shape index (κ2) is 3.60. The van der Waals surface area contributed by atoms with E-state index in [0.29, 0.717) is 24.1 Å². The van der Waals surface area contributed by atoms with Crippen molar-refractivity contribution in [1.29, 1.82) is 0 Å². The molecule has 5 nitrogen and oxygen atoms in total. The molecule has 0 saturated heterocycles. The van der Waals surface area contributed by atoms with Crippen LogP contribution in [0.25, 0.3) is 0 Å². The third-order valence-corrected chi connectivity index (χ3v) is 3.21. The fourth-order valence-corrected chi connectivity index (χ4v) is 2.43. The zero-order valence-corrected chi connectivity index (χ0v) is 9.51. The van der Waals surface area contributed by atoms with Gasteiger partial charge in [0.25, 0.3) is 5.79 Å². The van der Waals surface area contributed by atoms with Crippen LogP contribution in [0.4, 0.5) is 5.69 Å². The molecule has 92 valence electrons. The number of nitrogens with two attached hydrogens (primary N) is 1. The van der Waals surface area contributed by atoms with Gasteiger partial charge in [-0.3, -0.25) is 0 Å². The largest absolute Gasteiger partial charge is 0.415 e. The number of carbonyl (C=O) groups is 2. The number of fused-ring (bicyclic) bond motifs is 2. The average molecular weight is 245 g/mol. The van der Waals surface area contributed by atoms with Gasteiger partial charge < -0.3 is 15.2 Å². The molecule has 0 bridgehead atoms. The maximum atomic E-state index is 11.5. The van der Waals surface area contributed by atoms with Gasteiger partial charge in [0.05, 0.1) is 0 Å². The van der Waals surface area contributed by atoms with Crippen LogP contribution >= 0.6 is 0 Å². The lowest BCUT2D eigenvalue weighted by atomic mass is 10.1. The molecule has 0 radical (unpaired) electrons. The van der Waals surface area contributed by atoms with Gasteiger partial charge in [-0.1, -0.05) is 12.1 Å². The van der Waals surface area contributed by atoms with E-state index in [1.54, 1.807) is 18.2 Å². The van der Waals surface area contributed by atoms with Crippen LogP contribution in [-0.4, -0.2) is 11.9 Å². The van der Waals surface area contributed by atoms with E-state index < -0.39 is 17.7 Å². The molecule has 1 aliphatic heterocycles. The van der Waals surface area contributed by atoms with Crippen molar-refractivity contribution in [2.24, 2.45) is 0 Å². The van der Waals surface area contributed by atoms with Crippen LogP contribution < -0.4 is 5.73 Å². The van der Waals surface area contributed by atoms with E-state index in [9.17, 15) is 9.59 Å². The first-order chi connectivity index (χ1) is 8.61. The lowest BCUT2D eigenvalue weighted by molar-refractivity contribution is -0.225. The molecule has 18 heavy (non-hydrogen) atoms. The predicted octanol–water partition coefficient (Wildman–Crippen LogP) is 1.02. The summed E-state index contributed by atoms with van der Waals surface area (Å²) in [5, 5.41) is 0. The zero-order valence-electron chi connectivity index (χ0n) is 9.51. The molecule has 2 aliphatic rings. The number of benzene rings is 1. The Balaban J connectivity index is 2.11. The summed E-state index contributed by atoms with van der Waals surface area (Å²) in [7, 11) is 0. The molecular formula is C13H11NO4. The molecule has 0 aromatic heterocycles. The number of carbonyl (C=O) groups excluding carboxylic acids is 2. The summed E-state index contributed by atoms with van der Waals surface area (Å²) >= 11 is 0. The Bertz CT molecular complexity index is 556. The summed E-state index contributed by atoms with van der Waals surface area (Å²) < 4.78 is 10.6. The molecule has 1 aromatic rings. The summed E-state index contributed by atoms with van der Waals surface area (Å²) in [5.74, 6) is -2.49. The van der Waals surface area contributed by atoms with Crippen molar-refractivity contribution in [3.63, 3.8) is 0 Å². The summed E-state index contributed by atoms with van der Waals surface area (Å²) in [5.41, 5.74) is 8.03. The van der Waals surface area contributed by atoms with Gasteiger partial charge in [-0.2, -0.15) is 0 Å². The van der Waals surface area contributed by atoms with Gasteiger partial charge >= 0.3 is 11.9 Å². The minimum Gasteiger partial charge on any atom is -0.415 e. The third-order valence-electron chi connectivity index (χ3n) is 3.21. The highest BCUT2D eigenvalue weighted by molar-refractivity contribution is 5.93. The number of esters is 2. The van der Waals surface area contributed by atoms with Crippen molar-refractivity contribution in [3.05, 3.63) is 41.5 Å². The molecule has 0 unspecified atom stereocenters. The topological polar surface area (TPSA) is 78.6 Å². The van der Waals surface area contributed by atoms with E-state index in [4.69, 9.17) is 15.2 Å². The summed E-state index contributed by atoms with van der Waals surface area (Å²) in [6.07, 6.45) is 3.15. The molecule has 0 fully saturated rings. The maximum absolute atomic E-state index is 11.5. The first-order valence-electron chi connectivity index (χ1n) is 5.63. The molecule has 1 heterocycles. The molecular weight excluding hydrogens is 234 g/mol. The molecule has 0 saturated carbocycles. The van der Waals surface area contributed by atoms with E-state index in [-0.39, 0.29) is 0 Å². The summed E-state index contributed by atoms with van der Waals surface area (Å²) in [4.78, 5) is 23.0. The Morgan fingerprint density at radius 2 is 1.78 bits per heavy atom. The van der Waals surface area contributed by atoms with Crippen LogP contribution in [0.3, 0.4) is 0 Å². The van der Waals surface area contributed by atoms with Gasteiger partial charge in [0.1, 0.15) is 0 Å². The van der Waals surface area contributed by atoms with E-state index in [2.05, 4.69) is 0 Å². The highest BCUT2D eigenvalue weighted by atomic mass is 16.7. The Kier molecular flexibility index (Phi) is 2.16. The number of hydrogen-bond donors (Lipinski definition) is 1. The first-order valence-corrected chi connectivity index (χ1v) is 5.63. The van der Waals surface area contributed by atoms with Gasteiger partial charge in [0.2, 0.25) is 0 Å². The van der Waals surface area contributed by atoms with Crippen LogP contribution in [0.2, 0.25) is 0 Å². The predicted molar refractivity (Wildman–Crippen MR) is 62.2 cm³/mol. The van der Waals surface area contributed by atoms with Gasteiger partial charge in [0, 0.05) is 29.8 Å². The Morgan fingerprint density at radius 1 is 1.11 bits per heavy atom. The average Bonchev–Trinajstić information content (AvgIpc) is 2.59. The molecule has 0 amide bonds. The molecule has 5 heteroatoms. The highest BCUT2D eigenvalue weighted by Crippen LogP contribution is 2.44. The number of anilines is 1. The Hall–Kier alpha value is -2.30. The number of ether oxygens (including phenoxy) is 2. The van der Waals surface area contributed by atoms with Crippen LogP contribution in [0.15, 0.2) is 30.4 Å². The second-order valence-electron chi connectivity index (χ2n) is 4.30. The number of rotatable bonds is 0. The molecule has 0 atom stereocenters. The monoisotopic (exact) mass is 245 g/mol. The summed E-state index contributed by atoms with van der Waals surface area (Å²) in [6, 6.07) is 5.29. The fraction of sp³-hybridized carbons (Fsp3) is 0.231. The van der Waals surface area contributed by atoms with E-state index >= 15 is 0 Å². The highest BCUT2D eigenvalue weighted by Gasteiger charge is 2.47. The normalized spacial score (nSPS) is 20.2. The van der Waals surface area contributed by atoms with Crippen molar-refractivity contribution in [2.75, 3.05) is 5.73 Å². The smallest absolute Gasteiger partial charge is 0.334 e. The van der Waals surface area contributed by atoms with Gasteiger partial charge in [0.15, 0.2) is 0 Å². The lowest BCUT2D eigenvalue weighted by Gasteiger charge is -2.27. The third kappa shape index (κ3) is 1.48. The minimum atomic E-state index is -1.32. The SMILES string of the molecule is Nc1cccc2c1CCC21OC(=O)C=CC(=O)O1. The lowest BCUT2D eigenvalue weighted by Crippen LogP contribution is -2.33. The van der Waals surface area contributed by atoms with Gasteiger partial charge in [-0.15, -0.1) is 0 Å². The van der Waals surface area contributed by atoms with Crippen molar-refractivity contribution in [1.82, 2.24) is 0 Å². The molecule has 1 aliphatic carbocycles. The van der Waals surface area contributed by atoms with Crippen LogP contribution in [0, 0.1) is 0 Å². The van der Waals surface area contributed by atoms with E-state index in [0.717, 1.165) is 17.7 Å². The van der Waals surface area contributed by atoms with Crippen LogP contribution in [0.5, 0.6) is 0 Å². The fourth-order valence-electron chi connectivity index (χ4n) is 2.43. The van der Waals surface area contributed by atoms with Crippen molar-refractivity contribution in [2.45, 2.75) is 18.6 Å². The van der Waals surface area contributed by atoms with E-state index in [1.165, 1.54) is 0 Å². The first kappa shape index (κ1) is 10.8. The van der Waals surface area contributed by atoms with E-state index in [1.807, 2.05) is 0 Å².